The van der Waals surface area contributed by atoms with Crippen LogP contribution in [0, 0.1) is 0 Å². The summed E-state index contributed by atoms with van der Waals surface area (Å²) >= 11 is 1.72. The first-order valence-corrected chi connectivity index (χ1v) is 10.0. The number of hydrogen-bond acceptors (Lipinski definition) is 6. The highest BCUT2D eigenvalue weighted by atomic mass is 32.2. The monoisotopic (exact) mass is 403 g/mol. The molecular formula is C21H25NO5S. The Balaban J connectivity index is 1.99. The predicted octanol–water partition coefficient (Wildman–Crippen LogP) is 3.89. The van der Waals surface area contributed by atoms with Gasteiger partial charge in [0.25, 0.3) is 0 Å². The predicted molar refractivity (Wildman–Crippen MR) is 109 cm³/mol. The maximum Gasteiger partial charge on any atom is 0.224 e. The second-order valence-electron chi connectivity index (χ2n) is 6.27. The van der Waals surface area contributed by atoms with Crippen molar-refractivity contribution >= 4 is 17.7 Å². The summed E-state index contributed by atoms with van der Waals surface area (Å²) in [6, 6.07) is 11.6. The highest BCUT2D eigenvalue weighted by Crippen LogP contribution is 2.48. The first-order chi connectivity index (χ1) is 13.6. The fourth-order valence-electron chi connectivity index (χ4n) is 3.34. The van der Waals surface area contributed by atoms with E-state index in [-0.39, 0.29) is 11.3 Å². The van der Waals surface area contributed by atoms with E-state index in [9.17, 15) is 4.79 Å². The summed E-state index contributed by atoms with van der Waals surface area (Å²) in [4.78, 5) is 14.7. The summed E-state index contributed by atoms with van der Waals surface area (Å²) in [5.74, 6) is 3.36. The van der Waals surface area contributed by atoms with Crippen molar-refractivity contribution in [2.45, 2.75) is 18.3 Å². The summed E-state index contributed by atoms with van der Waals surface area (Å²) in [6.07, 6.45) is 0.515. The minimum Gasteiger partial charge on any atom is -0.497 e. The summed E-state index contributed by atoms with van der Waals surface area (Å²) < 4.78 is 21.9. The van der Waals surface area contributed by atoms with E-state index in [0.717, 1.165) is 22.6 Å². The van der Waals surface area contributed by atoms with Crippen LogP contribution >= 0.6 is 11.8 Å². The highest BCUT2D eigenvalue weighted by molar-refractivity contribution is 7.99. The van der Waals surface area contributed by atoms with Crippen LogP contribution in [-0.4, -0.2) is 45.0 Å². The van der Waals surface area contributed by atoms with Gasteiger partial charge >= 0.3 is 0 Å². The molecule has 0 spiro atoms. The van der Waals surface area contributed by atoms with Crippen LogP contribution in [-0.2, 0) is 11.3 Å². The third-order valence-corrected chi connectivity index (χ3v) is 5.95. The molecule has 0 bridgehead atoms. The van der Waals surface area contributed by atoms with Crippen LogP contribution in [0.5, 0.6) is 23.0 Å². The van der Waals surface area contributed by atoms with E-state index in [1.54, 1.807) is 40.2 Å². The van der Waals surface area contributed by atoms with Crippen molar-refractivity contribution in [1.82, 2.24) is 4.90 Å². The van der Waals surface area contributed by atoms with Crippen LogP contribution in [0.2, 0.25) is 0 Å². The zero-order valence-electron chi connectivity index (χ0n) is 16.6. The number of rotatable bonds is 7. The molecule has 1 atom stereocenters. The van der Waals surface area contributed by atoms with E-state index in [0.29, 0.717) is 30.2 Å². The Kier molecular flexibility index (Phi) is 6.57. The Morgan fingerprint density at radius 1 is 1.00 bits per heavy atom. The van der Waals surface area contributed by atoms with Crippen molar-refractivity contribution in [2.24, 2.45) is 0 Å². The zero-order chi connectivity index (χ0) is 20.1. The lowest BCUT2D eigenvalue weighted by atomic mass is 10.1. The number of benzene rings is 2. The molecule has 6 nitrogen and oxygen atoms in total. The average Bonchev–Trinajstić information content (AvgIpc) is 2.74. The lowest BCUT2D eigenvalue weighted by Crippen LogP contribution is -2.36. The van der Waals surface area contributed by atoms with Crippen LogP contribution < -0.4 is 18.9 Å². The van der Waals surface area contributed by atoms with Gasteiger partial charge in [-0.25, -0.2) is 0 Å². The SMILES string of the molecule is COc1cccc(CN2C(=O)CCSC2c2ccc(OC)c(OC)c2OC)c1. The largest absolute Gasteiger partial charge is 0.497 e. The molecule has 1 unspecified atom stereocenters. The van der Waals surface area contributed by atoms with Gasteiger partial charge < -0.3 is 23.8 Å². The molecule has 1 saturated heterocycles. The average molecular weight is 404 g/mol. The van der Waals surface area contributed by atoms with Gasteiger partial charge in [-0.3, -0.25) is 4.79 Å². The molecule has 28 heavy (non-hydrogen) atoms. The van der Waals surface area contributed by atoms with Gasteiger partial charge in [-0.2, -0.15) is 0 Å². The number of carbonyl (C=O) groups excluding carboxylic acids is 1. The van der Waals surface area contributed by atoms with E-state index in [1.165, 1.54) is 0 Å². The number of hydrogen-bond donors (Lipinski definition) is 0. The van der Waals surface area contributed by atoms with Gasteiger partial charge in [0.15, 0.2) is 11.5 Å². The molecule has 7 heteroatoms. The number of ether oxygens (including phenoxy) is 4. The lowest BCUT2D eigenvalue weighted by Gasteiger charge is -2.36. The van der Waals surface area contributed by atoms with Gasteiger partial charge in [0.1, 0.15) is 11.1 Å². The van der Waals surface area contributed by atoms with Crippen molar-refractivity contribution in [2.75, 3.05) is 34.2 Å². The number of amides is 1. The minimum absolute atomic E-state index is 0.114. The molecule has 1 heterocycles. The number of thioether (sulfide) groups is 1. The van der Waals surface area contributed by atoms with E-state index < -0.39 is 0 Å². The lowest BCUT2D eigenvalue weighted by molar-refractivity contribution is -0.132. The molecule has 0 radical (unpaired) electrons. The van der Waals surface area contributed by atoms with Crippen molar-refractivity contribution in [1.29, 1.82) is 0 Å². The van der Waals surface area contributed by atoms with Crippen molar-refractivity contribution < 1.29 is 23.7 Å². The molecule has 2 aromatic carbocycles. The molecule has 0 aliphatic carbocycles. The standard InChI is InChI=1S/C21H25NO5S/c1-24-15-7-5-6-14(12-15)13-22-18(23)10-11-28-21(22)16-8-9-17(25-2)20(27-4)19(16)26-3/h5-9,12,21H,10-11,13H2,1-4H3. The molecule has 1 aliphatic heterocycles. The Hall–Kier alpha value is -2.54. The molecule has 1 aliphatic rings. The third-order valence-electron chi connectivity index (χ3n) is 4.68. The third kappa shape index (κ3) is 3.99. The van der Waals surface area contributed by atoms with Crippen LogP contribution in [0.3, 0.4) is 0 Å². The van der Waals surface area contributed by atoms with E-state index >= 15 is 0 Å². The van der Waals surface area contributed by atoms with Gasteiger partial charge in [0.2, 0.25) is 11.7 Å². The van der Waals surface area contributed by atoms with Gasteiger partial charge in [0, 0.05) is 24.3 Å². The van der Waals surface area contributed by atoms with Gasteiger partial charge in [-0.1, -0.05) is 12.1 Å². The van der Waals surface area contributed by atoms with Crippen LogP contribution in [0.1, 0.15) is 22.9 Å². The van der Waals surface area contributed by atoms with Gasteiger partial charge in [-0.05, 0) is 29.8 Å². The molecule has 3 rings (SSSR count). The molecule has 0 N–H and O–H groups in total. The summed E-state index contributed by atoms with van der Waals surface area (Å²) in [6.45, 7) is 0.491. The van der Waals surface area contributed by atoms with Crippen LogP contribution in [0.25, 0.3) is 0 Å². The van der Waals surface area contributed by atoms with Crippen molar-refractivity contribution in [3.63, 3.8) is 0 Å². The number of nitrogens with zero attached hydrogens (tertiary/aromatic N) is 1. The Morgan fingerprint density at radius 2 is 1.79 bits per heavy atom. The Morgan fingerprint density at radius 3 is 2.46 bits per heavy atom. The number of carbonyl (C=O) groups is 1. The van der Waals surface area contributed by atoms with Crippen LogP contribution in [0.4, 0.5) is 0 Å². The highest BCUT2D eigenvalue weighted by Gasteiger charge is 2.33. The Bertz CT molecular complexity index is 842. The number of methoxy groups -OCH3 is 4. The normalized spacial score (nSPS) is 16.6. The Labute approximate surface area is 169 Å². The van der Waals surface area contributed by atoms with E-state index in [4.69, 9.17) is 18.9 Å². The van der Waals surface area contributed by atoms with Gasteiger partial charge in [-0.15, -0.1) is 11.8 Å². The fraction of sp³-hybridized carbons (Fsp3) is 0.381. The summed E-state index contributed by atoms with van der Waals surface area (Å²) in [5, 5.41) is -0.179. The fourth-order valence-corrected chi connectivity index (χ4v) is 4.59. The topological polar surface area (TPSA) is 57.2 Å². The first kappa shape index (κ1) is 20.2. The molecule has 1 amide bonds. The van der Waals surface area contributed by atoms with Gasteiger partial charge in [0.05, 0.1) is 28.4 Å². The van der Waals surface area contributed by atoms with E-state index in [1.807, 2.05) is 41.3 Å². The quantitative estimate of drug-likeness (QED) is 0.699. The molecule has 0 aromatic heterocycles. The first-order valence-electron chi connectivity index (χ1n) is 8.95. The minimum atomic E-state index is -0.179. The van der Waals surface area contributed by atoms with E-state index in [2.05, 4.69) is 0 Å². The maximum absolute atomic E-state index is 12.8. The maximum atomic E-state index is 12.8. The molecule has 150 valence electrons. The van der Waals surface area contributed by atoms with Crippen LogP contribution in [0.15, 0.2) is 36.4 Å². The summed E-state index contributed by atoms with van der Waals surface area (Å²) in [5.41, 5.74) is 1.90. The smallest absolute Gasteiger partial charge is 0.224 e. The van der Waals surface area contributed by atoms with Crippen molar-refractivity contribution in [3.8, 4) is 23.0 Å². The molecule has 0 saturated carbocycles. The molecule has 1 fully saturated rings. The van der Waals surface area contributed by atoms with Crippen molar-refractivity contribution in [3.05, 3.63) is 47.5 Å². The second kappa shape index (κ2) is 9.10. The summed E-state index contributed by atoms with van der Waals surface area (Å²) in [7, 11) is 6.41. The zero-order valence-corrected chi connectivity index (χ0v) is 17.4. The second-order valence-corrected chi connectivity index (χ2v) is 7.46. The molecule has 2 aromatic rings. The molecular weight excluding hydrogens is 378 g/mol.